The van der Waals surface area contributed by atoms with Gasteiger partial charge in [-0.3, -0.25) is 0 Å². The summed E-state index contributed by atoms with van der Waals surface area (Å²) in [6.45, 7) is 2.65. The standard InChI is InChI=1S/C19H19N5O2/c1-25-11-15-10-24(5-6-26-15)19-17-16(9-21-18(17)22-12-23-19)14-4-2-3-13(7-14)8-20/h2-4,7,9,12,15H,5-6,10-11H2,1H3,(H,21,22,23)/t15-/m0/s1. The molecule has 1 atom stereocenters. The number of ether oxygens (including phenoxy) is 2. The van der Waals surface area contributed by atoms with Gasteiger partial charge in [-0.2, -0.15) is 5.26 Å². The van der Waals surface area contributed by atoms with E-state index in [1.807, 2.05) is 24.4 Å². The van der Waals surface area contributed by atoms with Gasteiger partial charge in [0, 0.05) is 32.0 Å². The smallest absolute Gasteiger partial charge is 0.143 e. The predicted molar refractivity (Wildman–Crippen MR) is 97.9 cm³/mol. The van der Waals surface area contributed by atoms with Crippen molar-refractivity contribution in [1.82, 2.24) is 15.0 Å². The van der Waals surface area contributed by atoms with Crippen molar-refractivity contribution in [2.75, 3.05) is 38.3 Å². The quantitative estimate of drug-likeness (QED) is 0.778. The first-order valence-electron chi connectivity index (χ1n) is 8.48. The Bertz CT molecular complexity index is 960. The molecule has 0 bridgehead atoms. The highest BCUT2D eigenvalue weighted by atomic mass is 16.5. The van der Waals surface area contributed by atoms with E-state index in [-0.39, 0.29) is 6.10 Å². The van der Waals surface area contributed by atoms with Gasteiger partial charge in [0.15, 0.2) is 0 Å². The minimum atomic E-state index is 0.0167. The molecule has 2 aromatic heterocycles. The van der Waals surface area contributed by atoms with E-state index in [2.05, 4.69) is 25.9 Å². The molecular weight excluding hydrogens is 330 g/mol. The second-order valence-corrected chi connectivity index (χ2v) is 6.21. The Morgan fingerprint density at radius 3 is 3.19 bits per heavy atom. The fraction of sp³-hybridized carbons (Fsp3) is 0.316. The van der Waals surface area contributed by atoms with Crippen LogP contribution in [0.2, 0.25) is 0 Å². The predicted octanol–water partition coefficient (Wildman–Crippen LogP) is 2.35. The average molecular weight is 349 g/mol. The lowest BCUT2D eigenvalue weighted by atomic mass is 10.0. The van der Waals surface area contributed by atoms with Crippen molar-refractivity contribution in [1.29, 1.82) is 5.26 Å². The Labute approximate surface area is 151 Å². The number of anilines is 1. The first-order valence-corrected chi connectivity index (χ1v) is 8.48. The van der Waals surface area contributed by atoms with E-state index in [0.29, 0.717) is 25.3 Å². The van der Waals surface area contributed by atoms with Crippen LogP contribution in [0.3, 0.4) is 0 Å². The Morgan fingerprint density at radius 2 is 2.35 bits per heavy atom. The monoisotopic (exact) mass is 349 g/mol. The van der Waals surface area contributed by atoms with Gasteiger partial charge in [-0.15, -0.1) is 0 Å². The van der Waals surface area contributed by atoms with E-state index in [1.165, 1.54) is 0 Å². The molecule has 26 heavy (non-hydrogen) atoms. The molecule has 132 valence electrons. The maximum atomic E-state index is 9.19. The second kappa shape index (κ2) is 7.12. The molecule has 1 fully saturated rings. The van der Waals surface area contributed by atoms with E-state index >= 15 is 0 Å². The third-order valence-electron chi connectivity index (χ3n) is 4.54. The highest BCUT2D eigenvalue weighted by molar-refractivity contribution is 6.01. The highest BCUT2D eigenvalue weighted by Gasteiger charge is 2.24. The van der Waals surface area contributed by atoms with Crippen LogP contribution < -0.4 is 4.90 Å². The second-order valence-electron chi connectivity index (χ2n) is 6.21. The van der Waals surface area contributed by atoms with Crippen molar-refractivity contribution in [3.63, 3.8) is 0 Å². The number of H-pyrrole nitrogens is 1. The van der Waals surface area contributed by atoms with Crippen molar-refractivity contribution >= 4 is 16.9 Å². The molecule has 0 aliphatic carbocycles. The number of fused-ring (bicyclic) bond motifs is 1. The summed E-state index contributed by atoms with van der Waals surface area (Å²) in [6.07, 6.45) is 3.51. The molecule has 0 radical (unpaired) electrons. The Kier molecular flexibility index (Phi) is 4.52. The molecule has 1 aliphatic heterocycles. The number of methoxy groups -OCH3 is 1. The van der Waals surface area contributed by atoms with Gasteiger partial charge in [-0.25, -0.2) is 9.97 Å². The zero-order valence-corrected chi connectivity index (χ0v) is 14.5. The maximum absolute atomic E-state index is 9.19. The number of aromatic nitrogens is 3. The first-order chi connectivity index (χ1) is 12.8. The Morgan fingerprint density at radius 1 is 1.42 bits per heavy atom. The fourth-order valence-electron chi connectivity index (χ4n) is 3.37. The molecule has 0 saturated carbocycles. The Hall–Kier alpha value is -2.95. The van der Waals surface area contributed by atoms with Crippen molar-refractivity contribution in [3.8, 4) is 17.2 Å². The van der Waals surface area contributed by atoms with Crippen LogP contribution in [0.25, 0.3) is 22.2 Å². The lowest BCUT2D eigenvalue weighted by Gasteiger charge is -2.33. The lowest BCUT2D eigenvalue weighted by Crippen LogP contribution is -2.44. The normalized spacial score (nSPS) is 17.4. The van der Waals surface area contributed by atoms with Gasteiger partial charge in [0.2, 0.25) is 0 Å². The summed E-state index contributed by atoms with van der Waals surface area (Å²) >= 11 is 0. The molecule has 1 N–H and O–H groups in total. The summed E-state index contributed by atoms with van der Waals surface area (Å²) in [5.41, 5.74) is 3.36. The Balaban J connectivity index is 1.79. The summed E-state index contributed by atoms with van der Waals surface area (Å²) in [7, 11) is 1.68. The third-order valence-corrected chi connectivity index (χ3v) is 4.54. The van der Waals surface area contributed by atoms with Crippen LogP contribution in [0.15, 0.2) is 36.8 Å². The summed E-state index contributed by atoms with van der Waals surface area (Å²) < 4.78 is 11.0. The summed E-state index contributed by atoms with van der Waals surface area (Å²) in [5.74, 6) is 0.873. The fourth-order valence-corrected chi connectivity index (χ4v) is 3.37. The number of nitrogens with zero attached hydrogens (tertiary/aromatic N) is 4. The molecule has 3 aromatic rings. The van der Waals surface area contributed by atoms with Crippen LogP contribution in [0.5, 0.6) is 0 Å². The molecule has 1 aliphatic rings. The summed E-state index contributed by atoms with van der Waals surface area (Å²) in [6, 6.07) is 9.75. The van der Waals surface area contributed by atoms with Crippen molar-refractivity contribution < 1.29 is 9.47 Å². The third kappa shape index (κ3) is 3.01. The molecule has 0 unspecified atom stereocenters. The van der Waals surface area contributed by atoms with E-state index in [9.17, 15) is 5.26 Å². The minimum absolute atomic E-state index is 0.0167. The molecule has 0 amide bonds. The van der Waals surface area contributed by atoms with Gasteiger partial charge in [0.05, 0.1) is 36.3 Å². The molecule has 3 heterocycles. The van der Waals surface area contributed by atoms with Crippen molar-refractivity contribution in [3.05, 3.63) is 42.4 Å². The summed E-state index contributed by atoms with van der Waals surface area (Å²) in [5, 5.41) is 10.2. The molecule has 1 saturated heterocycles. The maximum Gasteiger partial charge on any atom is 0.143 e. The average Bonchev–Trinajstić information content (AvgIpc) is 3.13. The van der Waals surface area contributed by atoms with Gasteiger partial charge in [0.1, 0.15) is 17.8 Å². The number of benzene rings is 1. The van der Waals surface area contributed by atoms with E-state index in [4.69, 9.17) is 9.47 Å². The first kappa shape index (κ1) is 16.5. The summed E-state index contributed by atoms with van der Waals surface area (Å²) in [4.78, 5) is 14.4. The number of morpholine rings is 1. The van der Waals surface area contributed by atoms with Gasteiger partial charge < -0.3 is 19.4 Å². The van der Waals surface area contributed by atoms with Crippen molar-refractivity contribution in [2.45, 2.75) is 6.10 Å². The van der Waals surface area contributed by atoms with Gasteiger partial charge >= 0.3 is 0 Å². The number of nitrogens with one attached hydrogen (secondary N) is 1. The zero-order chi connectivity index (χ0) is 17.9. The highest BCUT2D eigenvalue weighted by Crippen LogP contribution is 2.34. The lowest BCUT2D eigenvalue weighted by molar-refractivity contribution is -0.0101. The van der Waals surface area contributed by atoms with Gasteiger partial charge in [-0.1, -0.05) is 12.1 Å². The number of rotatable bonds is 4. The molecule has 1 aromatic carbocycles. The van der Waals surface area contributed by atoms with Crippen LogP contribution in [0, 0.1) is 11.3 Å². The molecular formula is C19H19N5O2. The van der Waals surface area contributed by atoms with Crippen LogP contribution in [-0.2, 0) is 9.47 Å². The van der Waals surface area contributed by atoms with Crippen molar-refractivity contribution in [2.24, 2.45) is 0 Å². The van der Waals surface area contributed by atoms with Gasteiger partial charge in [0.25, 0.3) is 0 Å². The number of nitriles is 1. The van der Waals surface area contributed by atoms with E-state index < -0.39 is 0 Å². The molecule has 7 heteroatoms. The molecule has 4 rings (SSSR count). The topological polar surface area (TPSA) is 87.1 Å². The number of aromatic amines is 1. The molecule has 0 spiro atoms. The van der Waals surface area contributed by atoms with Crippen LogP contribution in [-0.4, -0.2) is 54.5 Å². The number of hydrogen-bond acceptors (Lipinski definition) is 6. The largest absolute Gasteiger partial charge is 0.382 e. The minimum Gasteiger partial charge on any atom is -0.382 e. The van der Waals surface area contributed by atoms with Gasteiger partial charge in [-0.05, 0) is 17.7 Å². The van der Waals surface area contributed by atoms with E-state index in [0.717, 1.165) is 34.5 Å². The van der Waals surface area contributed by atoms with Crippen LogP contribution in [0.1, 0.15) is 5.56 Å². The van der Waals surface area contributed by atoms with E-state index in [1.54, 1.807) is 19.5 Å². The van der Waals surface area contributed by atoms with Crippen LogP contribution >= 0.6 is 0 Å². The zero-order valence-electron chi connectivity index (χ0n) is 14.5. The number of hydrogen-bond donors (Lipinski definition) is 1. The van der Waals surface area contributed by atoms with Crippen LogP contribution in [0.4, 0.5) is 5.82 Å². The SMILES string of the molecule is COC[C@@H]1CN(c2ncnc3[nH]cc(-c4cccc(C#N)c4)c23)CCO1. The molecule has 7 nitrogen and oxygen atoms in total.